The van der Waals surface area contributed by atoms with Crippen LogP contribution in [0, 0.1) is 13.8 Å². The fraction of sp³-hybridized carbons (Fsp3) is 0.357. The van der Waals surface area contributed by atoms with Crippen LogP contribution >= 0.6 is 0 Å². The Bertz CT molecular complexity index is 596. The molecule has 0 unspecified atom stereocenters. The van der Waals surface area contributed by atoms with Crippen molar-refractivity contribution in [2.45, 2.75) is 20.4 Å². The van der Waals surface area contributed by atoms with Crippen LogP contribution in [0.3, 0.4) is 0 Å². The largest absolute Gasteiger partial charge is 0.311 e. The molecule has 98 valence electrons. The summed E-state index contributed by atoms with van der Waals surface area (Å²) in [6.45, 7) is 6.53. The van der Waals surface area contributed by atoms with Gasteiger partial charge in [0.05, 0.1) is 11.4 Å². The maximum atomic E-state index is 4.56. The average Bonchev–Trinajstić information content (AvgIpc) is 2.64. The molecule has 5 heteroatoms. The Morgan fingerprint density at radius 1 is 1.11 bits per heavy atom. The minimum absolute atomic E-state index is 0.680. The summed E-state index contributed by atoms with van der Waals surface area (Å²) >= 11 is 0. The van der Waals surface area contributed by atoms with E-state index < -0.39 is 0 Å². The van der Waals surface area contributed by atoms with Crippen LogP contribution in [0.2, 0.25) is 0 Å². The van der Waals surface area contributed by atoms with Gasteiger partial charge in [-0.25, -0.2) is 4.98 Å². The van der Waals surface area contributed by atoms with E-state index in [0.717, 1.165) is 36.7 Å². The highest BCUT2D eigenvalue weighted by molar-refractivity contribution is 5.62. The SMILES string of the molecule is Cc1nnc(N2CCNCc3ccccc32)nc1C. The summed E-state index contributed by atoms with van der Waals surface area (Å²) in [4.78, 5) is 6.70. The van der Waals surface area contributed by atoms with E-state index in [4.69, 9.17) is 0 Å². The van der Waals surface area contributed by atoms with Crippen molar-refractivity contribution >= 4 is 11.6 Å². The lowest BCUT2D eigenvalue weighted by molar-refractivity contribution is 0.705. The molecular formula is C14H17N5. The highest BCUT2D eigenvalue weighted by atomic mass is 15.3. The molecule has 2 aromatic rings. The number of hydrogen-bond donors (Lipinski definition) is 1. The normalized spacial score (nSPS) is 14.9. The molecule has 0 radical (unpaired) electrons. The summed E-state index contributed by atoms with van der Waals surface area (Å²) in [5.41, 5.74) is 4.24. The second kappa shape index (κ2) is 4.93. The fourth-order valence-electron chi connectivity index (χ4n) is 2.23. The van der Waals surface area contributed by atoms with Crippen LogP contribution in [0.1, 0.15) is 17.0 Å². The molecule has 1 aliphatic heterocycles. The molecule has 1 N–H and O–H groups in total. The van der Waals surface area contributed by atoms with Crippen LogP contribution in [0.5, 0.6) is 0 Å². The Labute approximate surface area is 112 Å². The smallest absolute Gasteiger partial charge is 0.250 e. The third-order valence-electron chi connectivity index (χ3n) is 3.43. The van der Waals surface area contributed by atoms with Gasteiger partial charge in [0.2, 0.25) is 5.95 Å². The first kappa shape index (κ1) is 12.0. The molecular weight excluding hydrogens is 238 g/mol. The van der Waals surface area contributed by atoms with Crippen LogP contribution in [-0.4, -0.2) is 28.3 Å². The molecule has 5 nitrogen and oxygen atoms in total. The molecule has 1 aliphatic rings. The van der Waals surface area contributed by atoms with E-state index in [1.54, 1.807) is 0 Å². The third-order valence-corrected chi connectivity index (χ3v) is 3.43. The average molecular weight is 255 g/mol. The minimum Gasteiger partial charge on any atom is -0.311 e. The zero-order chi connectivity index (χ0) is 13.2. The second-order valence-electron chi connectivity index (χ2n) is 4.74. The van der Waals surface area contributed by atoms with Crippen LogP contribution in [-0.2, 0) is 6.54 Å². The third kappa shape index (κ3) is 2.29. The van der Waals surface area contributed by atoms with E-state index >= 15 is 0 Å². The predicted octanol–water partition coefficient (Wildman–Crippen LogP) is 1.73. The Hall–Kier alpha value is -2.01. The number of nitrogens with one attached hydrogen (secondary N) is 1. The number of nitrogens with zero attached hydrogens (tertiary/aromatic N) is 4. The number of fused-ring (bicyclic) bond motifs is 1. The van der Waals surface area contributed by atoms with E-state index in [-0.39, 0.29) is 0 Å². The lowest BCUT2D eigenvalue weighted by Gasteiger charge is -2.22. The lowest BCUT2D eigenvalue weighted by Crippen LogP contribution is -2.26. The zero-order valence-corrected chi connectivity index (χ0v) is 11.2. The van der Waals surface area contributed by atoms with Crippen molar-refractivity contribution < 1.29 is 0 Å². The molecule has 3 rings (SSSR count). The van der Waals surface area contributed by atoms with E-state index in [0.29, 0.717) is 5.95 Å². The molecule has 19 heavy (non-hydrogen) atoms. The van der Waals surface area contributed by atoms with Crippen molar-refractivity contribution in [3.8, 4) is 0 Å². The number of aromatic nitrogens is 3. The van der Waals surface area contributed by atoms with Crippen molar-refractivity contribution in [3.05, 3.63) is 41.2 Å². The maximum Gasteiger partial charge on any atom is 0.250 e. The quantitative estimate of drug-likeness (QED) is 0.841. The first-order valence-corrected chi connectivity index (χ1v) is 6.50. The molecule has 1 aromatic heterocycles. The van der Waals surface area contributed by atoms with Crippen LogP contribution < -0.4 is 10.2 Å². The van der Waals surface area contributed by atoms with Crippen molar-refractivity contribution in [2.24, 2.45) is 0 Å². The van der Waals surface area contributed by atoms with E-state index in [1.165, 1.54) is 5.56 Å². The number of rotatable bonds is 1. The van der Waals surface area contributed by atoms with Crippen molar-refractivity contribution in [1.82, 2.24) is 20.5 Å². The monoisotopic (exact) mass is 255 g/mol. The standard InChI is InChI=1S/C14H17N5/c1-10-11(2)17-18-14(16-10)19-8-7-15-9-12-5-3-4-6-13(12)19/h3-6,15H,7-9H2,1-2H3. The molecule has 0 bridgehead atoms. The Morgan fingerprint density at radius 2 is 1.95 bits per heavy atom. The first-order valence-electron chi connectivity index (χ1n) is 6.50. The molecule has 0 amide bonds. The molecule has 0 spiro atoms. The Kier molecular flexibility index (Phi) is 3.13. The summed E-state index contributed by atoms with van der Waals surface area (Å²) in [6, 6.07) is 8.35. The van der Waals surface area contributed by atoms with E-state index in [9.17, 15) is 0 Å². The first-order chi connectivity index (χ1) is 9.25. The maximum absolute atomic E-state index is 4.56. The number of hydrogen-bond acceptors (Lipinski definition) is 5. The van der Waals surface area contributed by atoms with E-state index in [2.05, 4.69) is 43.6 Å². The van der Waals surface area contributed by atoms with Gasteiger partial charge in [0.1, 0.15) is 0 Å². The van der Waals surface area contributed by atoms with Gasteiger partial charge in [-0.1, -0.05) is 18.2 Å². The van der Waals surface area contributed by atoms with Gasteiger partial charge in [-0.2, -0.15) is 5.10 Å². The molecule has 0 fully saturated rings. The summed E-state index contributed by atoms with van der Waals surface area (Å²) < 4.78 is 0. The van der Waals surface area contributed by atoms with Gasteiger partial charge < -0.3 is 10.2 Å². The van der Waals surface area contributed by atoms with E-state index in [1.807, 2.05) is 19.9 Å². The summed E-state index contributed by atoms with van der Waals surface area (Å²) in [5, 5.41) is 11.8. The minimum atomic E-state index is 0.680. The summed E-state index contributed by atoms with van der Waals surface area (Å²) in [6.07, 6.45) is 0. The van der Waals surface area contributed by atoms with Gasteiger partial charge in [-0.15, -0.1) is 5.10 Å². The van der Waals surface area contributed by atoms with Gasteiger partial charge in [0.25, 0.3) is 0 Å². The van der Waals surface area contributed by atoms with Crippen LogP contribution in [0.4, 0.5) is 11.6 Å². The van der Waals surface area contributed by atoms with Gasteiger partial charge in [-0.05, 0) is 25.5 Å². The lowest BCUT2D eigenvalue weighted by atomic mass is 10.1. The fourth-order valence-corrected chi connectivity index (χ4v) is 2.23. The zero-order valence-electron chi connectivity index (χ0n) is 11.2. The molecule has 2 heterocycles. The number of anilines is 2. The van der Waals surface area contributed by atoms with Crippen LogP contribution in [0.15, 0.2) is 24.3 Å². The Balaban J connectivity index is 2.06. The van der Waals surface area contributed by atoms with Crippen molar-refractivity contribution in [3.63, 3.8) is 0 Å². The molecule has 0 aliphatic carbocycles. The highest BCUT2D eigenvalue weighted by Gasteiger charge is 2.18. The van der Waals surface area contributed by atoms with Gasteiger partial charge in [-0.3, -0.25) is 0 Å². The molecule has 0 saturated carbocycles. The Morgan fingerprint density at radius 3 is 2.79 bits per heavy atom. The van der Waals surface area contributed by atoms with Gasteiger partial charge in [0, 0.05) is 25.3 Å². The predicted molar refractivity (Wildman–Crippen MR) is 74.5 cm³/mol. The van der Waals surface area contributed by atoms with Crippen molar-refractivity contribution in [1.29, 1.82) is 0 Å². The number of para-hydroxylation sites is 1. The van der Waals surface area contributed by atoms with Crippen molar-refractivity contribution in [2.75, 3.05) is 18.0 Å². The molecule has 0 saturated heterocycles. The van der Waals surface area contributed by atoms with Gasteiger partial charge >= 0.3 is 0 Å². The second-order valence-corrected chi connectivity index (χ2v) is 4.74. The number of aryl methyl sites for hydroxylation is 2. The molecule has 0 atom stereocenters. The highest BCUT2D eigenvalue weighted by Crippen LogP contribution is 2.27. The topological polar surface area (TPSA) is 53.9 Å². The summed E-state index contributed by atoms with van der Waals surface area (Å²) in [7, 11) is 0. The summed E-state index contributed by atoms with van der Waals surface area (Å²) in [5.74, 6) is 0.680. The van der Waals surface area contributed by atoms with Gasteiger partial charge in [0.15, 0.2) is 0 Å². The number of benzene rings is 1. The molecule has 1 aromatic carbocycles. The van der Waals surface area contributed by atoms with Crippen LogP contribution in [0.25, 0.3) is 0 Å².